The van der Waals surface area contributed by atoms with Crippen LogP contribution in [-0.4, -0.2) is 45.9 Å². The van der Waals surface area contributed by atoms with Crippen LogP contribution in [0, 0.1) is 5.82 Å². The minimum Gasteiger partial charge on any atom is -0.394 e. The molecule has 8 nitrogen and oxygen atoms in total. The van der Waals surface area contributed by atoms with Crippen molar-refractivity contribution in [2.45, 2.75) is 19.4 Å². The fraction of sp³-hybridized carbons (Fsp3) is 0.238. The van der Waals surface area contributed by atoms with Crippen molar-refractivity contribution in [3.05, 3.63) is 66.1 Å². The van der Waals surface area contributed by atoms with E-state index in [1.165, 1.54) is 6.07 Å². The minimum absolute atomic E-state index is 0.0175. The molecule has 5 rings (SSSR count). The van der Waals surface area contributed by atoms with Crippen LogP contribution >= 0.6 is 0 Å². The number of aliphatic hydroxyl groups excluding tert-OH is 1. The molecule has 4 heterocycles. The first-order valence-corrected chi connectivity index (χ1v) is 9.64. The molecule has 5 aromatic rings. The zero-order chi connectivity index (χ0) is 20.8. The molecule has 0 saturated carbocycles. The van der Waals surface area contributed by atoms with Crippen LogP contribution in [0.2, 0.25) is 0 Å². The lowest BCUT2D eigenvalue weighted by molar-refractivity contribution is 0.269. The quantitative estimate of drug-likeness (QED) is 0.486. The van der Waals surface area contributed by atoms with Crippen LogP contribution in [0.5, 0.6) is 0 Å². The average Bonchev–Trinajstić information content (AvgIpc) is 3.46. The molecule has 0 amide bonds. The van der Waals surface area contributed by atoms with Crippen molar-refractivity contribution in [1.29, 1.82) is 0 Å². The molecule has 0 spiro atoms. The maximum atomic E-state index is 14.9. The van der Waals surface area contributed by atoms with Crippen molar-refractivity contribution in [3.8, 4) is 11.3 Å². The Labute approximate surface area is 171 Å². The number of hydrogen-bond donors (Lipinski definition) is 1. The van der Waals surface area contributed by atoms with Gasteiger partial charge in [0.05, 0.1) is 48.6 Å². The molecule has 0 unspecified atom stereocenters. The average molecular weight is 405 g/mol. The van der Waals surface area contributed by atoms with Gasteiger partial charge in [-0.25, -0.2) is 13.9 Å². The summed E-state index contributed by atoms with van der Waals surface area (Å²) < 4.78 is 20.0. The van der Waals surface area contributed by atoms with Gasteiger partial charge in [-0.1, -0.05) is 6.92 Å². The maximum absolute atomic E-state index is 14.9. The van der Waals surface area contributed by atoms with E-state index < -0.39 is 0 Å². The summed E-state index contributed by atoms with van der Waals surface area (Å²) in [6.45, 7) is 2.38. The van der Waals surface area contributed by atoms with E-state index in [9.17, 15) is 4.39 Å². The normalized spacial score (nSPS) is 12.8. The van der Waals surface area contributed by atoms with E-state index in [1.54, 1.807) is 39.5 Å². The molecule has 9 heteroatoms. The van der Waals surface area contributed by atoms with E-state index in [4.69, 9.17) is 10.2 Å². The molecule has 4 aromatic heterocycles. The van der Waals surface area contributed by atoms with Gasteiger partial charge in [-0.3, -0.25) is 9.36 Å². The molecule has 0 aliphatic rings. The molecule has 0 fully saturated rings. The van der Waals surface area contributed by atoms with Crippen LogP contribution in [-0.2, 0) is 13.6 Å². The number of rotatable bonds is 5. The molecule has 30 heavy (non-hydrogen) atoms. The van der Waals surface area contributed by atoms with Gasteiger partial charge in [0.2, 0.25) is 0 Å². The predicted octanol–water partition coefficient (Wildman–Crippen LogP) is 2.76. The van der Waals surface area contributed by atoms with Gasteiger partial charge >= 0.3 is 0 Å². The summed E-state index contributed by atoms with van der Waals surface area (Å²) in [6, 6.07) is 7.11. The molecule has 1 atom stereocenters. The second-order valence-corrected chi connectivity index (χ2v) is 7.31. The summed E-state index contributed by atoms with van der Waals surface area (Å²) in [6.07, 6.45) is 7.01. The predicted molar refractivity (Wildman–Crippen MR) is 109 cm³/mol. The molecule has 0 aliphatic heterocycles. The molecular formula is C21H20FN7O. The zero-order valence-corrected chi connectivity index (χ0v) is 16.6. The highest BCUT2D eigenvalue weighted by atomic mass is 19.1. The summed E-state index contributed by atoms with van der Waals surface area (Å²) in [7, 11) is 1.80. The summed E-state index contributed by atoms with van der Waals surface area (Å²) >= 11 is 0. The molecular weight excluding hydrogens is 385 g/mol. The molecule has 0 bridgehead atoms. The maximum Gasteiger partial charge on any atom is 0.153 e. The van der Waals surface area contributed by atoms with Gasteiger partial charge in [-0.15, -0.1) is 0 Å². The number of aliphatic hydroxyl groups is 1. The van der Waals surface area contributed by atoms with Crippen LogP contribution in [0.25, 0.3) is 27.8 Å². The second-order valence-electron chi connectivity index (χ2n) is 7.31. The third kappa shape index (κ3) is 2.94. The van der Waals surface area contributed by atoms with Crippen molar-refractivity contribution in [2.75, 3.05) is 6.61 Å². The topological polar surface area (TPSA) is 86.1 Å². The van der Waals surface area contributed by atoms with Crippen molar-refractivity contribution in [2.24, 2.45) is 7.05 Å². The Hall–Kier alpha value is -3.59. The number of imidazole rings is 1. The van der Waals surface area contributed by atoms with Crippen molar-refractivity contribution < 1.29 is 9.50 Å². The number of aromatic nitrogens is 7. The molecule has 1 aromatic carbocycles. The minimum atomic E-state index is -0.282. The number of fused-ring (bicyclic) bond motifs is 2. The third-order valence-electron chi connectivity index (χ3n) is 5.42. The molecule has 1 N–H and O–H groups in total. The number of benzene rings is 1. The van der Waals surface area contributed by atoms with E-state index in [0.29, 0.717) is 17.8 Å². The fourth-order valence-corrected chi connectivity index (χ4v) is 3.74. The molecule has 0 radical (unpaired) electrons. The number of aryl methyl sites for hydroxylation is 1. The third-order valence-corrected chi connectivity index (χ3v) is 5.42. The highest BCUT2D eigenvalue weighted by Crippen LogP contribution is 2.30. The Morgan fingerprint density at radius 1 is 1.13 bits per heavy atom. The Balaban J connectivity index is 1.57. The summed E-state index contributed by atoms with van der Waals surface area (Å²) in [5.41, 5.74) is 4.35. The Kier molecular flexibility index (Phi) is 4.32. The number of hydrogen-bond acceptors (Lipinski definition) is 5. The largest absolute Gasteiger partial charge is 0.394 e. The summed E-state index contributed by atoms with van der Waals surface area (Å²) in [5, 5.41) is 23.1. The first-order valence-electron chi connectivity index (χ1n) is 9.64. The van der Waals surface area contributed by atoms with Crippen molar-refractivity contribution in [3.63, 3.8) is 0 Å². The Morgan fingerprint density at radius 2 is 2.00 bits per heavy atom. The lowest BCUT2D eigenvalue weighted by Gasteiger charge is -2.13. The van der Waals surface area contributed by atoms with E-state index in [-0.39, 0.29) is 18.3 Å². The van der Waals surface area contributed by atoms with Crippen LogP contribution in [0.1, 0.15) is 24.1 Å². The van der Waals surface area contributed by atoms with Crippen LogP contribution in [0.3, 0.4) is 0 Å². The van der Waals surface area contributed by atoms with Gasteiger partial charge in [-0.05, 0) is 23.8 Å². The highest BCUT2D eigenvalue weighted by molar-refractivity contribution is 5.79. The summed E-state index contributed by atoms with van der Waals surface area (Å²) in [4.78, 5) is 4.44. The lowest BCUT2D eigenvalue weighted by atomic mass is 9.96. The Bertz CT molecular complexity index is 1370. The van der Waals surface area contributed by atoms with E-state index in [2.05, 4.69) is 15.2 Å². The van der Waals surface area contributed by atoms with Gasteiger partial charge in [0.15, 0.2) is 5.65 Å². The van der Waals surface area contributed by atoms with Gasteiger partial charge in [0, 0.05) is 36.2 Å². The number of nitrogens with zero attached hydrogens (tertiary/aromatic N) is 7. The first-order chi connectivity index (χ1) is 14.5. The van der Waals surface area contributed by atoms with E-state index in [0.717, 1.165) is 27.9 Å². The SMILES string of the molecule is C[C@@H](c1cc2cnn(C)c2cc1F)c1cnc2ccc(-c3cnn(CCO)c3)nn12. The van der Waals surface area contributed by atoms with Crippen molar-refractivity contribution in [1.82, 2.24) is 34.2 Å². The van der Waals surface area contributed by atoms with E-state index in [1.807, 2.05) is 31.3 Å². The zero-order valence-electron chi connectivity index (χ0n) is 16.6. The first kappa shape index (κ1) is 18.4. The van der Waals surface area contributed by atoms with Gasteiger partial charge in [-0.2, -0.15) is 15.3 Å². The van der Waals surface area contributed by atoms with Gasteiger partial charge in [0.25, 0.3) is 0 Å². The fourth-order valence-electron chi connectivity index (χ4n) is 3.74. The molecule has 152 valence electrons. The van der Waals surface area contributed by atoms with Crippen LogP contribution in [0.15, 0.2) is 49.1 Å². The lowest BCUT2D eigenvalue weighted by Crippen LogP contribution is -2.06. The standard InChI is InChI=1S/C21H20FN7O/c1-13(16-7-14-9-24-27(2)19(14)8-17(16)22)20-11-23-21-4-3-18(26-29(20)21)15-10-25-28(12-15)5-6-30/h3-4,7-13,30H,5-6H2,1-2H3/t13-/m0/s1. The number of halogens is 1. The second kappa shape index (κ2) is 7.03. The highest BCUT2D eigenvalue weighted by Gasteiger charge is 2.20. The van der Waals surface area contributed by atoms with Gasteiger partial charge < -0.3 is 5.11 Å². The van der Waals surface area contributed by atoms with Crippen molar-refractivity contribution >= 4 is 16.6 Å². The van der Waals surface area contributed by atoms with E-state index >= 15 is 0 Å². The molecule has 0 aliphatic carbocycles. The van der Waals surface area contributed by atoms with Gasteiger partial charge in [0.1, 0.15) is 5.82 Å². The monoisotopic (exact) mass is 405 g/mol. The van der Waals surface area contributed by atoms with Crippen LogP contribution in [0.4, 0.5) is 4.39 Å². The van der Waals surface area contributed by atoms with Crippen LogP contribution < -0.4 is 0 Å². The smallest absolute Gasteiger partial charge is 0.153 e. The Morgan fingerprint density at radius 3 is 2.83 bits per heavy atom. The molecule has 0 saturated heterocycles. The summed E-state index contributed by atoms with van der Waals surface area (Å²) in [5.74, 6) is -0.542.